The van der Waals surface area contributed by atoms with Crippen molar-refractivity contribution in [1.29, 1.82) is 0 Å². The highest BCUT2D eigenvalue weighted by molar-refractivity contribution is 6.07. The van der Waals surface area contributed by atoms with E-state index in [0.717, 1.165) is 16.8 Å². The fourth-order valence-electron chi connectivity index (χ4n) is 1.95. The Hall–Kier alpha value is -2.62. The molecule has 0 fully saturated rings. The molecule has 0 atom stereocenters. The molecule has 2 aromatic carbocycles. The van der Waals surface area contributed by atoms with Crippen molar-refractivity contribution in [1.82, 2.24) is 9.97 Å². The number of nitrogens with zero attached hydrogens (tertiary/aromatic N) is 1. The van der Waals surface area contributed by atoms with E-state index in [2.05, 4.69) is 9.97 Å². The van der Waals surface area contributed by atoms with E-state index in [1.54, 1.807) is 19.2 Å². The molecular formula is C15H12N2O2. The Balaban J connectivity index is 2.04. The van der Waals surface area contributed by atoms with Crippen molar-refractivity contribution >= 4 is 16.8 Å². The molecule has 0 bridgehead atoms. The first kappa shape index (κ1) is 11.5. The average molecular weight is 252 g/mol. The predicted molar refractivity (Wildman–Crippen MR) is 72.5 cm³/mol. The Morgan fingerprint density at radius 1 is 1.16 bits per heavy atom. The van der Waals surface area contributed by atoms with Crippen LogP contribution in [-0.2, 0) is 0 Å². The second-order valence-corrected chi connectivity index (χ2v) is 4.16. The third-order valence-corrected chi connectivity index (χ3v) is 2.94. The maximum absolute atomic E-state index is 12.2. The Kier molecular flexibility index (Phi) is 2.76. The third kappa shape index (κ3) is 2.08. The molecule has 0 aliphatic rings. The summed E-state index contributed by atoms with van der Waals surface area (Å²) in [6.45, 7) is 0. The number of aromatic amines is 1. The van der Waals surface area contributed by atoms with Gasteiger partial charge < -0.3 is 9.72 Å². The first-order valence-corrected chi connectivity index (χ1v) is 5.91. The monoisotopic (exact) mass is 252 g/mol. The zero-order valence-corrected chi connectivity index (χ0v) is 10.4. The van der Waals surface area contributed by atoms with E-state index in [1.165, 1.54) is 0 Å². The van der Waals surface area contributed by atoms with Gasteiger partial charge in [0.05, 0.1) is 18.1 Å². The van der Waals surface area contributed by atoms with Gasteiger partial charge in [-0.1, -0.05) is 30.3 Å². The van der Waals surface area contributed by atoms with Crippen molar-refractivity contribution < 1.29 is 9.53 Å². The minimum absolute atomic E-state index is 0.115. The summed E-state index contributed by atoms with van der Waals surface area (Å²) >= 11 is 0. The van der Waals surface area contributed by atoms with E-state index >= 15 is 0 Å². The maximum Gasteiger partial charge on any atom is 0.228 e. The number of aromatic nitrogens is 2. The van der Waals surface area contributed by atoms with Gasteiger partial charge in [0.25, 0.3) is 0 Å². The summed E-state index contributed by atoms with van der Waals surface area (Å²) in [5.41, 5.74) is 2.16. The number of hydrogen-bond donors (Lipinski definition) is 1. The predicted octanol–water partition coefficient (Wildman–Crippen LogP) is 2.80. The Labute approximate surface area is 110 Å². The number of nitrogens with one attached hydrogen (secondary N) is 1. The van der Waals surface area contributed by atoms with Crippen LogP contribution in [0.3, 0.4) is 0 Å². The molecule has 0 aliphatic carbocycles. The van der Waals surface area contributed by atoms with Crippen molar-refractivity contribution in [2.75, 3.05) is 7.11 Å². The number of hydrogen-bond acceptors (Lipinski definition) is 3. The van der Waals surface area contributed by atoms with Crippen LogP contribution in [0.5, 0.6) is 5.75 Å². The molecule has 0 saturated heterocycles. The molecule has 94 valence electrons. The van der Waals surface area contributed by atoms with Crippen molar-refractivity contribution in [2.45, 2.75) is 0 Å². The largest absolute Gasteiger partial charge is 0.497 e. The number of ketones is 1. The van der Waals surface area contributed by atoms with Crippen LogP contribution in [0.4, 0.5) is 0 Å². The van der Waals surface area contributed by atoms with Gasteiger partial charge in [-0.2, -0.15) is 0 Å². The summed E-state index contributed by atoms with van der Waals surface area (Å²) in [6, 6.07) is 14.6. The third-order valence-electron chi connectivity index (χ3n) is 2.94. The van der Waals surface area contributed by atoms with Crippen LogP contribution in [0.2, 0.25) is 0 Å². The smallest absolute Gasteiger partial charge is 0.228 e. The van der Waals surface area contributed by atoms with Crippen LogP contribution in [0.25, 0.3) is 11.0 Å². The van der Waals surface area contributed by atoms with Crippen molar-refractivity contribution in [3.8, 4) is 5.75 Å². The first-order valence-electron chi connectivity index (χ1n) is 5.91. The van der Waals surface area contributed by atoms with Gasteiger partial charge in [-0.25, -0.2) is 4.98 Å². The molecule has 0 unspecified atom stereocenters. The fourth-order valence-corrected chi connectivity index (χ4v) is 1.95. The number of benzene rings is 2. The SMILES string of the molecule is COc1ccc2nc(C(=O)c3ccccc3)[nH]c2c1. The number of imidazole rings is 1. The lowest BCUT2D eigenvalue weighted by atomic mass is 10.1. The average Bonchev–Trinajstić information content (AvgIpc) is 2.90. The van der Waals surface area contributed by atoms with Gasteiger partial charge in [-0.15, -0.1) is 0 Å². The molecule has 1 aromatic heterocycles. The highest BCUT2D eigenvalue weighted by Gasteiger charge is 2.13. The molecule has 0 spiro atoms. The topological polar surface area (TPSA) is 55.0 Å². The normalized spacial score (nSPS) is 10.6. The maximum atomic E-state index is 12.2. The van der Waals surface area contributed by atoms with Crippen LogP contribution in [0.1, 0.15) is 16.2 Å². The standard InChI is InChI=1S/C15H12N2O2/c1-19-11-7-8-12-13(9-11)17-15(16-12)14(18)10-5-3-2-4-6-10/h2-9H,1H3,(H,16,17). The van der Waals surface area contributed by atoms with E-state index in [0.29, 0.717) is 11.4 Å². The minimum Gasteiger partial charge on any atom is -0.497 e. The first-order chi connectivity index (χ1) is 9.28. The Morgan fingerprint density at radius 2 is 1.95 bits per heavy atom. The minimum atomic E-state index is -0.115. The molecule has 3 rings (SSSR count). The summed E-state index contributed by atoms with van der Waals surface area (Å²) in [7, 11) is 1.60. The van der Waals surface area contributed by atoms with Gasteiger partial charge in [-0.3, -0.25) is 4.79 Å². The van der Waals surface area contributed by atoms with Gasteiger partial charge in [0.1, 0.15) is 5.75 Å². The van der Waals surface area contributed by atoms with Crippen LogP contribution >= 0.6 is 0 Å². The molecular weight excluding hydrogens is 240 g/mol. The Bertz CT molecular complexity index is 732. The molecule has 0 saturated carbocycles. The molecule has 3 aromatic rings. The van der Waals surface area contributed by atoms with E-state index in [4.69, 9.17) is 4.74 Å². The fraction of sp³-hybridized carbons (Fsp3) is 0.0667. The summed E-state index contributed by atoms with van der Waals surface area (Å²) in [6.07, 6.45) is 0. The molecule has 0 radical (unpaired) electrons. The van der Waals surface area contributed by atoms with E-state index in [1.807, 2.05) is 36.4 Å². The summed E-state index contributed by atoms with van der Waals surface area (Å²) in [5.74, 6) is 0.958. The lowest BCUT2D eigenvalue weighted by Crippen LogP contribution is -2.02. The number of carbonyl (C=O) groups is 1. The van der Waals surface area contributed by atoms with E-state index in [-0.39, 0.29) is 5.78 Å². The van der Waals surface area contributed by atoms with Crippen LogP contribution in [0.15, 0.2) is 48.5 Å². The van der Waals surface area contributed by atoms with Gasteiger partial charge in [-0.05, 0) is 12.1 Å². The van der Waals surface area contributed by atoms with Crippen molar-refractivity contribution in [3.63, 3.8) is 0 Å². The number of carbonyl (C=O) groups excluding carboxylic acids is 1. The van der Waals surface area contributed by atoms with Crippen LogP contribution in [0, 0.1) is 0 Å². The summed E-state index contributed by atoms with van der Waals surface area (Å²) in [5, 5.41) is 0. The van der Waals surface area contributed by atoms with E-state index in [9.17, 15) is 4.79 Å². The van der Waals surface area contributed by atoms with Crippen molar-refractivity contribution in [3.05, 3.63) is 59.9 Å². The second kappa shape index (κ2) is 4.57. The number of fused-ring (bicyclic) bond motifs is 1. The quantitative estimate of drug-likeness (QED) is 0.729. The number of rotatable bonds is 3. The lowest BCUT2D eigenvalue weighted by Gasteiger charge is -1.96. The van der Waals surface area contributed by atoms with Crippen LogP contribution < -0.4 is 4.74 Å². The lowest BCUT2D eigenvalue weighted by molar-refractivity contribution is 0.103. The Morgan fingerprint density at radius 3 is 2.68 bits per heavy atom. The van der Waals surface area contributed by atoms with Gasteiger partial charge >= 0.3 is 0 Å². The second-order valence-electron chi connectivity index (χ2n) is 4.16. The summed E-state index contributed by atoms with van der Waals surface area (Å²) < 4.78 is 5.14. The van der Waals surface area contributed by atoms with Crippen LogP contribution in [-0.4, -0.2) is 22.9 Å². The van der Waals surface area contributed by atoms with E-state index < -0.39 is 0 Å². The summed E-state index contributed by atoms with van der Waals surface area (Å²) in [4.78, 5) is 19.6. The zero-order chi connectivity index (χ0) is 13.2. The molecule has 1 heterocycles. The number of methoxy groups -OCH3 is 1. The molecule has 1 N–H and O–H groups in total. The molecule has 4 nitrogen and oxygen atoms in total. The molecule has 0 aliphatic heterocycles. The van der Waals surface area contributed by atoms with Gasteiger partial charge in [0, 0.05) is 11.6 Å². The molecule has 4 heteroatoms. The van der Waals surface area contributed by atoms with Crippen molar-refractivity contribution in [2.24, 2.45) is 0 Å². The highest BCUT2D eigenvalue weighted by Crippen LogP contribution is 2.19. The molecule has 19 heavy (non-hydrogen) atoms. The zero-order valence-electron chi connectivity index (χ0n) is 10.4. The number of ether oxygens (including phenoxy) is 1. The van der Waals surface area contributed by atoms with Gasteiger partial charge in [0.2, 0.25) is 5.78 Å². The number of H-pyrrole nitrogens is 1. The highest BCUT2D eigenvalue weighted by atomic mass is 16.5. The molecule has 0 amide bonds. The van der Waals surface area contributed by atoms with Gasteiger partial charge in [0.15, 0.2) is 5.82 Å².